The normalized spacial score (nSPS) is 16.4. The van der Waals surface area contributed by atoms with Gasteiger partial charge in [0.1, 0.15) is 5.75 Å². The standard InChI is InChI=1S/C11H15N3O3/c12-7-1-2-10-9(3-7)14(4-8(13)5-15)11(16)6-17-10/h1-3,8,15H,4-6,12-13H2. The van der Waals surface area contributed by atoms with E-state index in [9.17, 15) is 4.79 Å². The SMILES string of the molecule is Nc1ccc2c(c1)N(CC(N)CO)C(=O)CO2. The van der Waals surface area contributed by atoms with E-state index >= 15 is 0 Å². The van der Waals surface area contributed by atoms with Crippen molar-refractivity contribution >= 4 is 17.3 Å². The van der Waals surface area contributed by atoms with E-state index in [1.165, 1.54) is 4.90 Å². The second-order valence-electron chi connectivity index (χ2n) is 3.96. The quantitative estimate of drug-likeness (QED) is 0.604. The van der Waals surface area contributed by atoms with E-state index in [2.05, 4.69) is 0 Å². The molecule has 0 saturated heterocycles. The number of aliphatic hydroxyl groups excluding tert-OH is 1. The van der Waals surface area contributed by atoms with Crippen LogP contribution < -0.4 is 21.1 Å². The lowest BCUT2D eigenvalue weighted by Crippen LogP contribution is -2.46. The maximum Gasteiger partial charge on any atom is 0.265 e. The average molecular weight is 237 g/mol. The minimum absolute atomic E-state index is 0.0188. The largest absolute Gasteiger partial charge is 0.482 e. The molecular formula is C11H15N3O3. The number of amides is 1. The van der Waals surface area contributed by atoms with Crippen LogP contribution in [0, 0.1) is 0 Å². The number of carbonyl (C=O) groups excluding carboxylic acids is 1. The molecule has 0 aromatic heterocycles. The van der Waals surface area contributed by atoms with E-state index in [1.807, 2.05) is 0 Å². The molecule has 1 aliphatic rings. The van der Waals surface area contributed by atoms with Crippen LogP contribution in [0.3, 0.4) is 0 Å². The number of hydrogen-bond donors (Lipinski definition) is 3. The molecule has 6 heteroatoms. The van der Waals surface area contributed by atoms with Gasteiger partial charge in [0.15, 0.2) is 6.61 Å². The van der Waals surface area contributed by atoms with Crippen molar-refractivity contribution < 1.29 is 14.6 Å². The number of anilines is 2. The van der Waals surface area contributed by atoms with Crippen LogP contribution in [0.25, 0.3) is 0 Å². The molecule has 0 bridgehead atoms. The van der Waals surface area contributed by atoms with Gasteiger partial charge in [-0.1, -0.05) is 0 Å². The molecule has 0 radical (unpaired) electrons. The molecule has 0 fully saturated rings. The number of carbonyl (C=O) groups is 1. The molecule has 17 heavy (non-hydrogen) atoms. The molecular weight excluding hydrogens is 222 g/mol. The highest BCUT2D eigenvalue weighted by atomic mass is 16.5. The van der Waals surface area contributed by atoms with Gasteiger partial charge in [0.2, 0.25) is 0 Å². The maximum atomic E-state index is 11.7. The Balaban J connectivity index is 2.32. The van der Waals surface area contributed by atoms with Crippen molar-refractivity contribution in [3.8, 4) is 5.75 Å². The fraction of sp³-hybridized carbons (Fsp3) is 0.364. The van der Waals surface area contributed by atoms with Gasteiger partial charge in [0.05, 0.1) is 12.3 Å². The number of fused-ring (bicyclic) bond motifs is 1. The summed E-state index contributed by atoms with van der Waals surface area (Å²) in [6, 6.07) is 4.61. The van der Waals surface area contributed by atoms with Crippen LogP contribution in [-0.2, 0) is 4.79 Å². The molecule has 1 aromatic rings. The summed E-state index contributed by atoms with van der Waals surface area (Å²) in [5.41, 5.74) is 12.5. The van der Waals surface area contributed by atoms with E-state index < -0.39 is 6.04 Å². The van der Waals surface area contributed by atoms with Crippen molar-refractivity contribution in [2.24, 2.45) is 5.73 Å². The number of benzene rings is 1. The van der Waals surface area contributed by atoms with Crippen LogP contribution in [-0.4, -0.2) is 36.8 Å². The highest BCUT2D eigenvalue weighted by Crippen LogP contribution is 2.33. The Morgan fingerprint density at radius 2 is 2.29 bits per heavy atom. The predicted octanol–water partition coefficient (Wildman–Crippen LogP) is -0.686. The van der Waals surface area contributed by atoms with Crippen LogP contribution in [0.5, 0.6) is 5.75 Å². The monoisotopic (exact) mass is 237 g/mol. The average Bonchev–Trinajstić information content (AvgIpc) is 2.32. The summed E-state index contributed by atoms with van der Waals surface area (Å²) in [4.78, 5) is 13.2. The van der Waals surface area contributed by atoms with Crippen LogP contribution in [0.15, 0.2) is 18.2 Å². The van der Waals surface area contributed by atoms with Gasteiger partial charge < -0.3 is 26.2 Å². The fourth-order valence-electron chi connectivity index (χ4n) is 1.71. The van der Waals surface area contributed by atoms with Crippen molar-refractivity contribution in [2.45, 2.75) is 6.04 Å². The molecule has 1 aliphatic heterocycles. The van der Waals surface area contributed by atoms with Crippen LogP contribution in [0.1, 0.15) is 0 Å². The number of rotatable bonds is 3. The fourth-order valence-corrected chi connectivity index (χ4v) is 1.71. The summed E-state index contributed by atoms with van der Waals surface area (Å²) >= 11 is 0. The third-order valence-corrected chi connectivity index (χ3v) is 2.58. The number of nitrogens with zero attached hydrogens (tertiary/aromatic N) is 1. The lowest BCUT2D eigenvalue weighted by molar-refractivity contribution is -0.121. The Morgan fingerprint density at radius 3 is 3.00 bits per heavy atom. The topological polar surface area (TPSA) is 102 Å². The molecule has 0 aliphatic carbocycles. The molecule has 1 atom stereocenters. The van der Waals surface area contributed by atoms with Crippen LogP contribution >= 0.6 is 0 Å². The summed E-state index contributed by atoms with van der Waals surface area (Å²) in [6.07, 6.45) is 0. The van der Waals surface area contributed by atoms with Gasteiger partial charge in [-0.05, 0) is 18.2 Å². The van der Waals surface area contributed by atoms with E-state index in [1.54, 1.807) is 18.2 Å². The summed E-state index contributed by atoms with van der Waals surface area (Å²) in [6.45, 7) is 0.0481. The van der Waals surface area contributed by atoms with Gasteiger partial charge in [0, 0.05) is 18.3 Å². The van der Waals surface area contributed by atoms with Crippen molar-refractivity contribution in [1.82, 2.24) is 0 Å². The Bertz CT molecular complexity index is 436. The number of ether oxygens (including phenoxy) is 1. The zero-order valence-electron chi connectivity index (χ0n) is 9.30. The lowest BCUT2D eigenvalue weighted by Gasteiger charge is -2.31. The lowest BCUT2D eigenvalue weighted by atomic mass is 10.2. The minimum Gasteiger partial charge on any atom is -0.482 e. The van der Waals surface area contributed by atoms with Gasteiger partial charge in [-0.15, -0.1) is 0 Å². The highest BCUT2D eigenvalue weighted by Gasteiger charge is 2.26. The molecule has 5 N–H and O–H groups in total. The first kappa shape index (κ1) is 11.7. The van der Waals surface area contributed by atoms with Crippen molar-refractivity contribution in [1.29, 1.82) is 0 Å². The first-order chi connectivity index (χ1) is 8.11. The van der Waals surface area contributed by atoms with E-state index in [0.717, 1.165) is 0 Å². The zero-order valence-corrected chi connectivity index (χ0v) is 9.30. The smallest absolute Gasteiger partial charge is 0.265 e. The summed E-state index contributed by atoms with van der Waals surface area (Å²) in [7, 11) is 0. The summed E-state index contributed by atoms with van der Waals surface area (Å²) in [5, 5.41) is 8.94. The third-order valence-electron chi connectivity index (χ3n) is 2.58. The first-order valence-electron chi connectivity index (χ1n) is 5.31. The number of aliphatic hydroxyl groups is 1. The van der Waals surface area contributed by atoms with Gasteiger partial charge >= 0.3 is 0 Å². The maximum absolute atomic E-state index is 11.7. The first-order valence-corrected chi connectivity index (χ1v) is 5.31. The van der Waals surface area contributed by atoms with Crippen molar-refractivity contribution in [3.05, 3.63) is 18.2 Å². The third kappa shape index (κ3) is 2.32. The molecule has 0 spiro atoms. The Kier molecular flexibility index (Phi) is 3.16. The molecule has 1 unspecified atom stereocenters. The molecule has 1 heterocycles. The van der Waals surface area contributed by atoms with Crippen molar-refractivity contribution in [3.63, 3.8) is 0 Å². The van der Waals surface area contributed by atoms with E-state index in [-0.39, 0.29) is 25.7 Å². The molecule has 92 valence electrons. The second-order valence-corrected chi connectivity index (χ2v) is 3.96. The Morgan fingerprint density at radius 1 is 1.53 bits per heavy atom. The minimum atomic E-state index is -0.480. The Labute approximate surface area is 98.8 Å². The number of nitrogen functional groups attached to an aromatic ring is 1. The van der Waals surface area contributed by atoms with Crippen LogP contribution in [0.2, 0.25) is 0 Å². The molecule has 1 amide bonds. The van der Waals surface area contributed by atoms with Gasteiger partial charge in [-0.25, -0.2) is 0 Å². The molecule has 2 rings (SSSR count). The summed E-state index contributed by atoms with van der Waals surface area (Å²) in [5.74, 6) is 0.413. The van der Waals surface area contributed by atoms with E-state index in [4.69, 9.17) is 21.3 Å². The molecule has 6 nitrogen and oxygen atoms in total. The second kappa shape index (κ2) is 4.60. The molecule has 1 aromatic carbocycles. The van der Waals surface area contributed by atoms with Crippen molar-refractivity contribution in [2.75, 3.05) is 30.4 Å². The Hall–Kier alpha value is -1.79. The summed E-state index contributed by atoms with van der Waals surface area (Å²) < 4.78 is 5.29. The molecule has 0 saturated carbocycles. The van der Waals surface area contributed by atoms with Gasteiger partial charge in [0.25, 0.3) is 5.91 Å². The van der Waals surface area contributed by atoms with Gasteiger partial charge in [-0.2, -0.15) is 0 Å². The number of hydrogen-bond acceptors (Lipinski definition) is 5. The highest BCUT2D eigenvalue weighted by molar-refractivity contribution is 5.98. The zero-order chi connectivity index (χ0) is 12.4. The van der Waals surface area contributed by atoms with E-state index in [0.29, 0.717) is 17.1 Å². The van der Waals surface area contributed by atoms with Crippen LogP contribution in [0.4, 0.5) is 11.4 Å². The number of nitrogens with two attached hydrogens (primary N) is 2. The predicted molar refractivity (Wildman–Crippen MR) is 63.8 cm³/mol. The van der Waals surface area contributed by atoms with Gasteiger partial charge in [-0.3, -0.25) is 4.79 Å².